The van der Waals surface area contributed by atoms with Crippen molar-refractivity contribution in [1.29, 1.82) is 0 Å². The van der Waals surface area contributed by atoms with Gasteiger partial charge < -0.3 is 10.4 Å². The van der Waals surface area contributed by atoms with E-state index in [4.69, 9.17) is 0 Å². The molecule has 1 fully saturated rings. The molecule has 0 bridgehead atoms. The summed E-state index contributed by atoms with van der Waals surface area (Å²) >= 11 is 1.57. The lowest BCUT2D eigenvalue weighted by Crippen LogP contribution is -2.35. The number of halogens is 1. The quantitative estimate of drug-likeness (QED) is 0.890. The normalized spacial score (nSPS) is 21.7. The fourth-order valence-corrected chi connectivity index (χ4v) is 3.21. The molecule has 3 nitrogen and oxygen atoms in total. The van der Waals surface area contributed by atoms with Crippen molar-refractivity contribution in [3.63, 3.8) is 0 Å². The van der Waals surface area contributed by atoms with Crippen LogP contribution < -0.4 is 5.32 Å². The minimum Gasteiger partial charge on any atom is -0.393 e. The molecule has 2 aromatic rings. The molecule has 0 unspecified atom stereocenters. The van der Waals surface area contributed by atoms with Gasteiger partial charge in [-0.2, -0.15) is 0 Å². The number of thiazole rings is 1. The van der Waals surface area contributed by atoms with Crippen LogP contribution in [0.2, 0.25) is 0 Å². The van der Waals surface area contributed by atoms with E-state index in [0.717, 1.165) is 42.2 Å². The lowest BCUT2D eigenvalue weighted by molar-refractivity contribution is 0.0429. The zero-order valence-electron chi connectivity index (χ0n) is 11.1. The molecule has 106 valence electrons. The van der Waals surface area contributed by atoms with Crippen LogP contribution in [0.4, 0.5) is 4.39 Å². The molecule has 1 saturated carbocycles. The highest BCUT2D eigenvalue weighted by Gasteiger charge is 2.26. The van der Waals surface area contributed by atoms with Crippen molar-refractivity contribution in [2.75, 3.05) is 6.54 Å². The van der Waals surface area contributed by atoms with Crippen LogP contribution in [0.25, 0.3) is 10.6 Å². The van der Waals surface area contributed by atoms with E-state index in [2.05, 4.69) is 10.3 Å². The first-order valence-electron chi connectivity index (χ1n) is 6.80. The number of aliphatic hydroxyl groups excluding tert-OH is 1. The number of hydrogen-bond donors (Lipinski definition) is 2. The van der Waals surface area contributed by atoms with E-state index in [9.17, 15) is 9.50 Å². The third kappa shape index (κ3) is 3.23. The maximum absolute atomic E-state index is 12.9. The first kappa shape index (κ1) is 13.7. The van der Waals surface area contributed by atoms with Crippen LogP contribution in [0, 0.1) is 11.7 Å². The number of aliphatic hydroxyl groups is 1. The monoisotopic (exact) mass is 292 g/mol. The van der Waals surface area contributed by atoms with Gasteiger partial charge in [0.15, 0.2) is 0 Å². The van der Waals surface area contributed by atoms with Crippen LogP contribution in [0.1, 0.15) is 18.5 Å². The van der Waals surface area contributed by atoms with Crippen molar-refractivity contribution in [3.8, 4) is 10.6 Å². The van der Waals surface area contributed by atoms with E-state index in [1.807, 2.05) is 5.38 Å². The lowest BCUT2D eigenvalue weighted by atomic mass is 9.82. The Labute approximate surface area is 121 Å². The van der Waals surface area contributed by atoms with E-state index in [1.54, 1.807) is 23.5 Å². The highest BCUT2D eigenvalue weighted by molar-refractivity contribution is 7.13. The number of hydrogen-bond acceptors (Lipinski definition) is 4. The van der Waals surface area contributed by atoms with E-state index in [1.165, 1.54) is 12.1 Å². The van der Waals surface area contributed by atoms with Crippen molar-refractivity contribution in [1.82, 2.24) is 10.3 Å². The second kappa shape index (κ2) is 5.99. The topological polar surface area (TPSA) is 45.1 Å². The Morgan fingerprint density at radius 3 is 2.75 bits per heavy atom. The Kier molecular flexibility index (Phi) is 4.10. The molecule has 0 atom stereocenters. The SMILES string of the molecule is OC1CC(CNCc2csc(-c3ccc(F)cc3)n2)C1. The Hall–Kier alpha value is -1.30. The summed E-state index contributed by atoms with van der Waals surface area (Å²) in [6, 6.07) is 6.41. The third-order valence-corrected chi connectivity index (χ3v) is 4.53. The smallest absolute Gasteiger partial charge is 0.123 e. The van der Waals surface area contributed by atoms with Crippen LogP contribution in [0.15, 0.2) is 29.6 Å². The summed E-state index contributed by atoms with van der Waals surface area (Å²) in [5, 5.41) is 15.5. The average Bonchev–Trinajstić information content (AvgIpc) is 2.86. The first-order chi connectivity index (χ1) is 9.70. The fraction of sp³-hybridized carbons (Fsp3) is 0.400. The molecule has 0 spiro atoms. The highest BCUT2D eigenvalue weighted by atomic mass is 32.1. The molecule has 1 aliphatic rings. The van der Waals surface area contributed by atoms with E-state index >= 15 is 0 Å². The van der Waals surface area contributed by atoms with Gasteiger partial charge in [-0.1, -0.05) is 0 Å². The second-order valence-electron chi connectivity index (χ2n) is 5.27. The summed E-state index contributed by atoms with van der Waals surface area (Å²) in [7, 11) is 0. The molecule has 1 heterocycles. The van der Waals surface area contributed by atoms with Crippen molar-refractivity contribution >= 4 is 11.3 Å². The first-order valence-corrected chi connectivity index (χ1v) is 7.68. The number of nitrogens with zero attached hydrogens (tertiary/aromatic N) is 1. The summed E-state index contributed by atoms with van der Waals surface area (Å²) in [5.74, 6) is 0.370. The van der Waals surface area contributed by atoms with Crippen molar-refractivity contribution in [3.05, 3.63) is 41.2 Å². The van der Waals surface area contributed by atoms with Gasteiger partial charge >= 0.3 is 0 Å². The van der Waals surface area contributed by atoms with Gasteiger partial charge in [-0.05, 0) is 49.6 Å². The minimum absolute atomic E-state index is 0.0915. The predicted molar refractivity (Wildman–Crippen MR) is 77.9 cm³/mol. The van der Waals surface area contributed by atoms with Crippen LogP contribution in [-0.4, -0.2) is 22.7 Å². The highest BCUT2D eigenvalue weighted by Crippen LogP contribution is 2.26. The molecule has 1 aromatic heterocycles. The Bertz CT molecular complexity index is 564. The summed E-state index contributed by atoms with van der Waals surface area (Å²) in [5.41, 5.74) is 1.96. The summed E-state index contributed by atoms with van der Waals surface area (Å²) in [6.07, 6.45) is 1.72. The van der Waals surface area contributed by atoms with Crippen LogP contribution in [0.5, 0.6) is 0 Å². The summed E-state index contributed by atoms with van der Waals surface area (Å²) < 4.78 is 12.9. The second-order valence-corrected chi connectivity index (χ2v) is 6.13. The van der Waals surface area contributed by atoms with Crippen molar-refractivity contribution < 1.29 is 9.50 Å². The molecule has 3 rings (SSSR count). The van der Waals surface area contributed by atoms with E-state index < -0.39 is 0 Å². The maximum atomic E-state index is 12.9. The number of benzene rings is 1. The maximum Gasteiger partial charge on any atom is 0.123 e. The molecule has 5 heteroatoms. The molecule has 0 saturated heterocycles. The summed E-state index contributed by atoms with van der Waals surface area (Å²) in [4.78, 5) is 4.55. The van der Waals surface area contributed by atoms with Gasteiger partial charge in [-0.3, -0.25) is 0 Å². The van der Waals surface area contributed by atoms with Gasteiger partial charge in [0.05, 0.1) is 11.8 Å². The number of rotatable bonds is 5. The molecule has 0 radical (unpaired) electrons. The number of nitrogens with one attached hydrogen (secondary N) is 1. The zero-order chi connectivity index (χ0) is 13.9. The average molecular weight is 292 g/mol. The van der Waals surface area contributed by atoms with Gasteiger partial charge in [0.25, 0.3) is 0 Å². The van der Waals surface area contributed by atoms with E-state index in [0.29, 0.717) is 5.92 Å². The molecule has 1 aliphatic carbocycles. The molecule has 0 amide bonds. The predicted octanol–water partition coefficient (Wildman–Crippen LogP) is 2.81. The van der Waals surface area contributed by atoms with Gasteiger partial charge in [-0.15, -0.1) is 11.3 Å². The molecule has 0 aliphatic heterocycles. The van der Waals surface area contributed by atoms with Crippen molar-refractivity contribution in [2.24, 2.45) is 5.92 Å². The number of aromatic nitrogens is 1. The minimum atomic E-state index is -0.227. The third-order valence-electron chi connectivity index (χ3n) is 3.59. The molecule has 2 N–H and O–H groups in total. The summed E-state index contributed by atoms with van der Waals surface area (Å²) in [6.45, 7) is 1.67. The van der Waals surface area contributed by atoms with Crippen LogP contribution in [0.3, 0.4) is 0 Å². The van der Waals surface area contributed by atoms with Crippen LogP contribution in [-0.2, 0) is 6.54 Å². The Morgan fingerprint density at radius 2 is 2.05 bits per heavy atom. The van der Waals surface area contributed by atoms with Gasteiger partial charge in [-0.25, -0.2) is 9.37 Å². The molecule has 20 heavy (non-hydrogen) atoms. The largest absolute Gasteiger partial charge is 0.393 e. The molecular weight excluding hydrogens is 275 g/mol. The standard InChI is InChI=1S/C15H17FN2OS/c16-12-3-1-11(2-4-12)15-18-13(9-20-15)8-17-7-10-5-14(19)6-10/h1-4,9-10,14,17,19H,5-8H2. The van der Waals surface area contributed by atoms with Crippen LogP contribution >= 0.6 is 11.3 Å². The molecular formula is C15H17FN2OS. The lowest BCUT2D eigenvalue weighted by Gasteiger charge is -2.31. The van der Waals surface area contributed by atoms with Gasteiger partial charge in [0.1, 0.15) is 10.8 Å². The molecule has 1 aromatic carbocycles. The fourth-order valence-electron chi connectivity index (χ4n) is 2.38. The zero-order valence-corrected chi connectivity index (χ0v) is 11.9. The Balaban J connectivity index is 1.52. The Morgan fingerprint density at radius 1 is 1.30 bits per heavy atom. The van der Waals surface area contributed by atoms with Gasteiger partial charge in [0, 0.05) is 17.5 Å². The van der Waals surface area contributed by atoms with E-state index in [-0.39, 0.29) is 11.9 Å². The van der Waals surface area contributed by atoms with Gasteiger partial charge in [0.2, 0.25) is 0 Å². The van der Waals surface area contributed by atoms with Crippen molar-refractivity contribution in [2.45, 2.75) is 25.5 Å².